The number of amides is 1. The van der Waals surface area contributed by atoms with E-state index in [9.17, 15) is 13.6 Å². The van der Waals surface area contributed by atoms with Crippen molar-refractivity contribution in [3.8, 4) is 0 Å². The van der Waals surface area contributed by atoms with Crippen molar-refractivity contribution >= 4 is 35.0 Å². The number of anilines is 1. The van der Waals surface area contributed by atoms with Gasteiger partial charge in [-0.15, -0.1) is 0 Å². The lowest BCUT2D eigenvalue weighted by Gasteiger charge is -2.06. The van der Waals surface area contributed by atoms with E-state index in [1.54, 1.807) is 18.3 Å². The van der Waals surface area contributed by atoms with Crippen molar-refractivity contribution < 1.29 is 13.6 Å². The fraction of sp³-hybridized carbons (Fsp3) is 0.0769. The molecule has 1 N–H and O–H groups in total. The molecular weight excluding hydrogens is 306 g/mol. The highest BCUT2D eigenvalue weighted by molar-refractivity contribution is 8.00. The number of nitrogens with zero attached hydrogens (tertiary/aromatic N) is 1. The minimum Gasteiger partial charge on any atom is -0.323 e. The number of hydrogen-bond acceptors (Lipinski definition) is 3. The molecular formula is C13H9ClF2N2OS. The molecule has 0 atom stereocenters. The molecule has 20 heavy (non-hydrogen) atoms. The first-order chi connectivity index (χ1) is 9.56. The molecule has 0 saturated carbocycles. The molecule has 0 aliphatic heterocycles. The van der Waals surface area contributed by atoms with Crippen LogP contribution in [0.3, 0.4) is 0 Å². The van der Waals surface area contributed by atoms with Gasteiger partial charge in [0.25, 0.3) is 0 Å². The maximum absolute atomic E-state index is 13.3. The fourth-order valence-corrected chi connectivity index (χ4v) is 2.35. The van der Waals surface area contributed by atoms with Gasteiger partial charge in [0.15, 0.2) is 0 Å². The number of pyridine rings is 1. The van der Waals surface area contributed by atoms with Gasteiger partial charge >= 0.3 is 0 Å². The second kappa shape index (κ2) is 6.67. The van der Waals surface area contributed by atoms with Gasteiger partial charge in [-0.2, -0.15) is 0 Å². The van der Waals surface area contributed by atoms with Crippen LogP contribution in [0.4, 0.5) is 14.5 Å². The van der Waals surface area contributed by atoms with Crippen LogP contribution >= 0.6 is 23.4 Å². The summed E-state index contributed by atoms with van der Waals surface area (Å²) in [4.78, 5) is 15.7. The zero-order valence-corrected chi connectivity index (χ0v) is 11.6. The summed E-state index contributed by atoms with van der Waals surface area (Å²) < 4.78 is 26.1. The molecule has 1 amide bonds. The third-order valence-electron chi connectivity index (χ3n) is 2.27. The van der Waals surface area contributed by atoms with E-state index in [0.717, 1.165) is 17.8 Å². The van der Waals surface area contributed by atoms with Crippen LogP contribution in [-0.2, 0) is 4.79 Å². The average molecular weight is 315 g/mol. The highest BCUT2D eigenvalue weighted by Crippen LogP contribution is 2.24. The molecule has 0 spiro atoms. The number of carbonyl (C=O) groups is 1. The summed E-state index contributed by atoms with van der Waals surface area (Å²) in [6.07, 6.45) is 1.56. The van der Waals surface area contributed by atoms with Gasteiger partial charge in [0.05, 0.1) is 16.5 Å². The first-order valence-electron chi connectivity index (χ1n) is 5.54. The largest absolute Gasteiger partial charge is 0.323 e. The normalized spacial score (nSPS) is 10.3. The van der Waals surface area contributed by atoms with Crippen molar-refractivity contribution in [3.05, 3.63) is 53.2 Å². The van der Waals surface area contributed by atoms with Gasteiger partial charge in [-0.05, 0) is 24.3 Å². The molecule has 0 radical (unpaired) electrons. The van der Waals surface area contributed by atoms with E-state index in [0.29, 0.717) is 16.1 Å². The molecule has 0 unspecified atom stereocenters. The van der Waals surface area contributed by atoms with Crippen molar-refractivity contribution in [3.63, 3.8) is 0 Å². The van der Waals surface area contributed by atoms with Crippen molar-refractivity contribution in [2.24, 2.45) is 0 Å². The molecule has 0 aliphatic carbocycles. The molecule has 0 saturated heterocycles. The summed E-state index contributed by atoms with van der Waals surface area (Å²) in [6, 6.07) is 6.29. The summed E-state index contributed by atoms with van der Waals surface area (Å²) in [6.45, 7) is 0. The highest BCUT2D eigenvalue weighted by atomic mass is 35.5. The zero-order valence-electron chi connectivity index (χ0n) is 10.1. The van der Waals surface area contributed by atoms with Crippen molar-refractivity contribution in [2.45, 2.75) is 5.03 Å². The van der Waals surface area contributed by atoms with Gasteiger partial charge in [0.1, 0.15) is 16.7 Å². The maximum atomic E-state index is 13.3. The quantitative estimate of drug-likeness (QED) is 0.874. The second-order valence-corrected chi connectivity index (χ2v) is 5.12. The second-order valence-electron chi connectivity index (χ2n) is 3.75. The van der Waals surface area contributed by atoms with E-state index in [-0.39, 0.29) is 11.4 Å². The topological polar surface area (TPSA) is 42.0 Å². The summed E-state index contributed by atoms with van der Waals surface area (Å²) in [5.41, 5.74) is -0.0656. The molecule has 1 aromatic heterocycles. The Morgan fingerprint density at radius 1 is 1.35 bits per heavy atom. The smallest absolute Gasteiger partial charge is 0.234 e. The third kappa shape index (κ3) is 3.91. The van der Waals surface area contributed by atoms with Gasteiger partial charge in [0, 0.05) is 12.3 Å². The van der Waals surface area contributed by atoms with E-state index < -0.39 is 17.5 Å². The van der Waals surface area contributed by atoms with Gasteiger partial charge < -0.3 is 5.32 Å². The summed E-state index contributed by atoms with van der Waals surface area (Å²) in [5, 5.41) is 3.32. The maximum Gasteiger partial charge on any atom is 0.234 e. The predicted octanol–water partition coefficient (Wildman–Crippen LogP) is 3.74. The number of carbonyl (C=O) groups excluding carboxylic acids is 1. The Hall–Kier alpha value is -1.66. The summed E-state index contributed by atoms with van der Waals surface area (Å²) in [5.74, 6) is -1.93. The molecule has 0 fully saturated rings. The molecule has 2 rings (SSSR count). The number of thioether (sulfide) groups is 1. The van der Waals surface area contributed by atoms with Crippen LogP contribution in [0.1, 0.15) is 0 Å². The Morgan fingerprint density at radius 2 is 2.15 bits per heavy atom. The average Bonchev–Trinajstić information content (AvgIpc) is 2.41. The molecule has 7 heteroatoms. The van der Waals surface area contributed by atoms with Gasteiger partial charge in [-0.3, -0.25) is 4.79 Å². The Labute approximate surface area is 123 Å². The van der Waals surface area contributed by atoms with Crippen LogP contribution in [-0.4, -0.2) is 16.6 Å². The van der Waals surface area contributed by atoms with Crippen LogP contribution in [0.5, 0.6) is 0 Å². The van der Waals surface area contributed by atoms with Crippen molar-refractivity contribution in [1.82, 2.24) is 4.98 Å². The van der Waals surface area contributed by atoms with E-state index in [2.05, 4.69) is 10.3 Å². The predicted molar refractivity (Wildman–Crippen MR) is 75.0 cm³/mol. The molecule has 0 aliphatic rings. The summed E-state index contributed by atoms with van der Waals surface area (Å²) in [7, 11) is 0. The van der Waals surface area contributed by atoms with Gasteiger partial charge in [-0.25, -0.2) is 13.8 Å². The lowest BCUT2D eigenvalue weighted by Crippen LogP contribution is -2.15. The lowest BCUT2D eigenvalue weighted by atomic mass is 10.3. The minimum atomic E-state index is -0.820. The highest BCUT2D eigenvalue weighted by Gasteiger charge is 2.10. The van der Waals surface area contributed by atoms with E-state index in [1.807, 2.05) is 0 Å². The van der Waals surface area contributed by atoms with Crippen LogP contribution in [0.2, 0.25) is 5.02 Å². The molecule has 104 valence electrons. The summed E-state index contributed by atoms with van der Waals surface area (Å²) >= 11 is 7.03. The van der Waals surface area contributed by atoms with Crippen LogP contribution in [0.15, 0.2) is 41.6 Å². The van der Waals surface area contributed by atoms with Crippen molar-refractivity contribution in [1.29, 1.82) is 0 Å². The number of benzene rings is 1. The van der Waals surface area contributed by atoms with Crippen LogP contribution < -0.4 is 5.32 Å². The first-order valence-corrected chi connectivity index (χ1v) is 6.91. The Balaban J connectivity index is 1.94. The van der Waals surface area contributed by atoms with E-state index >= 15 is 0 Å². The first kappa shape index (κ1) is 14.7. The SMILES string of the molecule is O=C(CSc1ncccc1Cl)Nc1ccc(F)cc1F. The minimum absolute atomic E-state index is 0.0214. The molecule has 1 aromatic carbocycles. The van der Waals surface area contributed by atoms with E-state index in [1.165, 1.54) is 6.07 Å². The number of hydrogen-bond donors (Lipinski definition) is 1. The molecule has 0 bridgehead atoms. The number of rotatable bonds is 4. The van der Waals surface area contributed by atoms with Gasteiger partial charge in [0.2, 0.25) is 5.91 Å². The molecule has 2 aromatic rings. The van der Waals surface area contributed by atoms with E-state index in [4.69, 9.17) is 11.6 Å². The lowest BCUT2D eigenvalue weighted by molar-refractivity contribution is -0.113. The van der Waals surface area contributed by atoms with Crippen LogP contribution in [0, 0.1) is 11.6 Å². The molecule has 3 nitrogen and oxygen atoms in total. The number of halogens is 3. The monoisotopic (exact) mass is 314 g/mol. The fourth-order valence-electron chi connectivity index (χ4n) is 1.39. The standard InChI is InChI=1S/C13H9ClF2N2OS/c14-9-2-1-5-17-13(9)20-7-12(19)18-11-4-3-8(15)6-10(11)16/h1-6H,7H2,(H,18,19). The Kier molecular flexibility index (Phi) is 4.92. The Morgan fingerprint density at radius 3 is 2.85 bits per heavy atom. The zero-order chi connectivity index (χ0) is 14.5. The van der Waals surface area contributed by atoms with Crippen LogP contribution in [0.25, 0.3) is 0 Å². The Bertz CT molecular complexity index is 640. The molecule has 1 heterocycles. The van der Waals surface area contributed by atoms with Crippen molar-refractivity contribution in [2.75, 3.05) is 11.1 Å². The number of nitrogens with one attached hydrogen (secondary N) is 1. The third-order valence-corrected chi connectivity index (χ3v) is 3.69. The number of aromatic nitrogens is 1. The van der Waals surface area contributed by atoms with Gasteiger partial charge in [-0.1, -0.05) is 23.4 Å².